The smallest absolute Gasteiger partial charge is 0.405 e. The fourth-order valence-corrected chi connectivity index (χ4v) is 6.09. The molecule has 49 heavy (non-hydrogen) atoms. The van der Waals surface area contributed by atoms with Gasteiger partial charge in [-0.1, -0.05) is 105 Å². The van der Waals surface area contributed by atoms with E-state index >= 15 is 0 Å². The maximum atomic E-state index is 11.7. The van der Waals surface area contributed by atoms with E-state index in [1.54, 1.807) is 12.1 Å². The molecular formula is C40H45N3O6. The number of aromatic nitrogens is 1. The lowest BCUT2D eigenvalue weighted by atomic mass is 9.96. The quantitative estimate of drug-likeness (QED) is 0.0528. The van der Waals surface area contributed by atoms with E-state index in [-0.39, 0.29) is 11.3 Å². The zero-order valence-corrected chi connectivity index (χ0v) is 27.6. The monoisotopic (exact) mass is 663 g/mol. The van der Waals surface area contributed by atoms with Crippen LogP contribution in [0.25, 0.3) is 22.0 Å². The van der Waals surface area contributed by atoms with Gasteiger partial charge in [-0.25, -0.2) is 4.79 Å². The van der Waals surface area contributed by atoms with Crippen molar-refractivity contribution in [2.24, 2.45) is 0 Å². The van der Waals surface area contributed by atoms with Crippen molar-refractivity contribution >= 4 is 17.0 Å². The summed E-state index contributed by atoms with van der Waals surface area (Å²) in [5.41, 5.74) is 4.56. The van der Waals surface area contributed by atoms with Crippen LogP contribution in [0.1, 0.15) is 73.8 Å². The second kappa shape index (κ2) is 17.9. The van der Waals surface area contributed by atoms with Gasteiger partial charge in [0.15, 0.2) is 0 Å². The molecule has 2 atom stereocenters. The molecule has 0 bridgehead atoms. The molecular weight excluding hydrogens is 618 g/mol. The Morgan fingerprint density at radius 3 is 2.22 bits per heavy atom. The number of H-pyrrole nitrogens is 1. The number of benzene rings is 4. The molecule has 1 unspecified atom stereocenters. The van der Waals surface area contributed by atoms with E-state index in [1.807, 2.05) is 78.9 Å². The molecule has 0 fully saturated rings. The molecule has 0 radical (unpaired) electrons. The lowest BCUT2D eigenvalue weighted by Gasteiger charge is -2.19. The Morgan fingerprint density at radius 2 is 1.47 bits per heavy atom. The fraction of sp³-hybridized carbons (Fsp3) is 0.300. The third kappa shape index (κ3) is 10.2. The van der Waals surface area contributed by atoms with Crippen LogP contribution >= 0.6 is 0 Å². The summed E-state index contributed by atoms with van der Waals surface area (Å²) in [6.07, 6.45) is 5.75. The second-order valence-corrected chi connectivity index (χ2v) is 12.3. The number of aromatic amines is 1. The number of aliphatic hydroxyl groups is 1. The number of hydrogen-bond acceptors (Lipinski definition) is 6. The predicted octanol–water partition coefficient (Wildman–Crippen LogP) is 7.69. The van der Waals surface area contributed by atoms with E-state index in [0.29, 0.717) is 29.6 Å². The van der Waals surface area contributed by atoms with Gasteiger partial charge in [-0.3, -0.25) is 4.79 Å². The largest absolute Gasteiger partial charge is 0.506 e. The molecule has 0 aliphatic rings. The minimum absolute atomic E-state index is 0.0166. The average molecular weight is 664 g/mol. The van der Waals surface area contributed by atoms with Crippen LogP contribution in [0.5, 0.6) is 11.5 Å². The molecule has 0 aliphatic heterocycles. The van der Waals surface area contributed by atoms with Crippen molar-refractivity contribution in [2.45, 2.75) is 57.1 Å². The maximum Gasteiger partial charge on any atom is 0.405 e. The Kier molecular flexibility index (Phi) is 12.8. The van der Waals surface area contributed by atoms with Gasteiger partial charge in [-0.2, -0.15) is 0 Å². The summed E-state index contributed by atoms with van der Waals surface area (Å²) in [6.45, 7) is 1.80. The molecule has 5 rings (SSSR count). The number of phenols is 1. The zero-order chi connectivity index (χ0) is 34.4. The Bertz CT molecular complexity index is 1840. The Labute approximate surface area is 286 Å². The Morgan fingerprint density at radius 1 is 0.755 bits per heavy atom. The highest BCUT2D eigenvalue weighted by atomic mass is 16.5. The van der Waals surface area contributed by atoms with Gasteiger partial charge in [-0.05, 0) is 71.5 Å². The molecule has 0 aliphatic carbocycles. The first kappa shape index (κ1) is 35.2. The number of carboxylic acid groups (broad SMARTS) is 1. The molecule has 4 aromatic carbocycles. The topological polar surface area (TPSA) is 144 Å². The summed E-state index contributed by atoms with van der Waals surface area (Å²) in [4.78, 5) is 25.9. The lowest BCUT2D eigenvalue weighted by Crippen LogP contribution is -2.27. The Hall–Kier alpha value is -5.12. The van der Waals surface area contributed by atoms with Crippen LogP contribution in [0.3, 0.4) is 0 Å². The predicted molar refractivity (Wildman–Crippen MR) is 193 cm³/mol. The van der Waals surface area contributed by atoms with Crippen LogP contribution in [0, 0.1) is 0 Å². The SMILES string of the molecule is O=C(O)NC(c1ccc(-c2ccccc2)cc1)c1cccc(OCCCCCCCCCNC[C@H](O)c2ccc(O)c3[nH]c(=O)ccc23)c1. The van der Waals surface area contributed by atoms with E-state index in [2.05, 4.69) is 15.6 Å². The normalized spacial score (nSPS) is 12.4. The number of nitrogens with one attached hydrogen (secondary N) is 3. The summed E-state index contributed by atoms with van der Waals surface area (Å²) in [5.74, 6) is 0.707. The molecule has 6 N–H and O–H groups in total. The lowest BCUT2D eigenvalue weighted by molar-refractivity contribution is 0.176. The molecule has 1 amide bonds. The van der Waals surface area contributed by atoms with E-state index in [0.717, 1.165) is 79.5 Å². The van der Waals surface area contributed by atoms with Gasteiger partial charge in [0.1, 0.15) is 11.5 Å². The third-order valence-corrected chi connectivity index (χ3v) is 8.68. The molecule has 0 saturated heterocycles. The third-order valence-electron chi connectivity index (χ3n) is 8.68. The number of unbranched alkanes of at least 4 members (excludes halogenated alkanes) is 6. The van der Waals surface area contributed by atoms with Crippen molar-refractivity contribution in [3.05, 3.63) is 130 Å². The highest BCUT2D eigenvalue weighted by molar-refractivity contribution is 5.87. The number of hydrogen-bond donors (Lipinski definition) is 6. The minimum Gasteiger partial charge on any atom is -0.506 e. The van der Waals surface area contributed by atoms with E-state index in [1.165, 1.54) is 12.1 Å². The van der Waals surface area contributed by atoms with E-state index in [9.17, 15) is 24.9 Å². The van der Waals surface area contributed by atoms with Crippen LogP contribution in [-0.2, 0) is 0 Å². The number of pyridine rings is 1. The van der Waals surface area contributed by atoms with Gasteiger partial charge in [0.2, 0.25) is 5.56 Å². The van der Waals surface area contributed by atoms with Crippen molar-refractivity contribution in [3.8, 4) is 22.6 Å². The number of aliphatic hydroxyl groups excluding tert-OH is 1. The van der Waals surface area contributed by atoms with Crippen LogP contribution < -0.4 is 20.9 Å². The van der Waals surface area contributed by atoms with Crippen LogP contribution in [0.2, 0.25) is 0 Å². The summed E-state index contributed by atoms with van der Waals surface area (Å²) >= 11 is 0. The van der Waals surface area contributed by atoms with E-state index in [4.69, 9.17) is 4.74 Å². The van der Waals surface area contributed by atoms with Crippen molar-refractivity contribution in [1.82, 2.24) is 15.6 Å². The van der Waals surface area contributed by atoms with E-state index < -0.39 is 18.2 Å². The first-order chi connectivity index (χ1) is 23.9. The van der Waals surface area contributed by atoms with Crippen molar-refractivity contribution in [1.29, 1.82) is 0 Å². The summed E-state index contributed by atoms with van der Waals surface area (Å²) < 4.78 is 6.04. The summed E-state index contributed by atoms with van der Waals surface area (Å²) in [7, 11) is 0. The molecule has 1 aromatic heterocycles. The zero-order valence-electron chi connectivity index (χ0n) is 27.6. The molecule has 0 spiro atoms. The first-order valence-corrected chi connectivity index (χ1v) is 17.0. The number of rotatable bonds is 18. The van der Waals surface area contributed by atoms with Gasteiger partial charge >= 0.3 is 6.09 Å². The van der Waals surface area contributed by atoms with Crippen molar-refractivity contribution in [3.63, 3.8) is 0 Å². The number of ether oxygens (including phenoxy) is 1. The highest BCUT2D eigenvalue weighted by Gasteiger charge is 2.18. The number of fused-ring (bicyclic) bond motifs is 1. The standard InChI is InChI=1S/C40H45N3O6/c44-35-22-20-33(34-21-23-37(46)42-39(34)35)36(45)27-41-24-9-4-2-1-3-5-10-25-49-32-15-11-14-31(26-32)38(43-40(47)48)30-18-16-29(17-19-30)28-12-7-6-8-13-28/h6-8,11-23,26,36,38,41,43-45H,1-5,9-10,24-25,27H2,(H,42,46)(H,47,48)/t36-,38?/m0/s1. The van der Waals surface area contributed by atoms with Gasteiger partial charge < -0.3 is 35.7 Å². The molecule has 256 valence electrons. The van der Waals surface area contributed by atoms with Gasteiger partial charge in [-0.15, -0.1) is 0 Å². The second-order valence-electron chi connectivity index (χ2n) is 12.3. The first-order valence-electron chi connectivity index (χ1n) is 17.0. The molecule has 9 heteroatoms. The Balaban J connectivity index is 0.970. The summed E-state index contributed by atoms with van der Waals surface area (Å²) in [6, 6.07) is 31.3. The molecule has 0 saturated carbocycles. The number of aromatic hydroxyl groups is 1. The number of phenolic OH excluding ortho intramolecular Hbond substituents is 1. The van der Waals surface area contributed by atoms with Gasteiger partial charge in [0.05, 0.1) is 24.3 Å². The van der Waals surface area contributed by atoms with Crippen LogP contribution in [-0.4, -0.2) is 46.1 Å². The van der Waals surface area contributed by atoms with Gasteiger partial charge in [0, 0.05) is 18.0 Å². The highest BCUT2D eigenvalue weighted by Crippen LogP contribution is 2.29. The summed E-state index contributed by atoms with van der Waals surface area (Å²) in [5, 5.41) is 36.9. The van der Waals surface area contributed by atoms with Gasteiger partial charge in [0.25, 0.3) is 0 Å². The minimum atomic E-state index is -1.08. The molecule has 1 heterocycles. The maximum absolute atomic E-state index is 11.7. The van der Waals surface area contributed by atoms with Crippen LogP contribution in [0.4, 0.5) is 4.79 Å². The number of carbonyl (C=O) groups is 1. The van der Waals surface area contributed by atoms with Crippen LogP contribution in [0.15, 0.2) is 108 Å². The molecule has 9 nitrogen and oxygen atoms in total. The molecule has 5 aromatic rings. The van der Waals surface area contributed by atoms with Crippen molar-refractivity contribution < 1.29 is 24.9 Å². The average Bonchev–Trinajstić information content (AvgIpc) is 3.12. The van der Waals surface area contributed by atoms with Crippen molar-refractivity contribution in [2.75, 3.05) is 19.7 Å². The fourth-order valence-electron chi connectivity index (χ4n) is 6.09. The number of amides is 1.